The summed E-state index contributed by atoms with van der Waals surface area (Å²) in [6.45, 7) is 0. The van der Waals surface area contributed by atoms with E-state index in [1.165, 1.54) is 6.26 Å². The molecular weight excluding hydrogens is 326 g/mol. The number of rotatable bonds is 4. The Kier molecular flexibility index (Phi) is 4.60. The molecule has 1 aliphatic carbocycles. The lowest BCUT2D eigenvalue weighted by Crippen LogP contribution is -2.44. The van der Waals surface area contributed by atoms with Crippen LogP contribution in [0.2, 0.25) is 0 Å². The van der Waals surface area contributed by atoms with Crippen molar-refractivity contribution in [2.45, 2.75) is 30.6 Å². The lowest BCUT2D eigenvalue weighted by atomic mass is 9.77. The number of hydrogen-bond donors (Lipinski definition) is 1. The second-order valence-electron chi connectivity index (χ2n) is 5.70. The van der Waals surface area contributed by atoms with E-state index in [2.05, 4.69) is 10.1 Å². The molecule has 22 heavy (non-hydrogen) atoms. The molecule has 1 aromatic carbocycles. The Morgan fingerprint density at radius 3 is 2.68 bits per heavy atom. The van der Waals surface area contributed by atoms with Gasteiger partial charge in [-0.25, -0.2) is 8.42 Å². The monoisotopic (exact) mass is 343 g/mol. The number of nitrogens with two attached hydrogens (primary N) is 1. The lowest BCUT2D eigenvalue weighted by Gasteiger charge is -2.34. The summed E-state index contributed by atoms with van der Waals surface area (Å²) >= 11 is 0. The van der Waals surface area contributed by atoms with Crippen molar-refractivity contribution in [3.05, 3.63) is 35.7 Å². The van der Waals surface area contributed by atoms with E-state index < -0.39 is 15.4 Å². The smallest absolute Gasteiger partial charge is 0.258 e. The Balaban J connectivity index is 0.00000176. The molecule has 1 saturated carbocycles. The molecule has 0 saturated heterocycles. The average Bonchev–Trinajstić information content (AvgIpc) is 2.84. The third-order valence-electron chi connectivity index (χ3n) is 3.72. The molecule has 6 nitrogen and oxygen atoms in total. The van der Waals surface area contributed by atoms with Gasteiger partial charge in [-0.2, -0.15) is 4.98 Å². The minimum absolute atomic E-state index is 0. The van der Waals surface area contributed by atoms with Crippen molar-refractivity contribution >= 4 is 22.2 Å². The second-order valence-corrected chi connectivity index (χ2v) is 7.84. The van der Waals surface area contributed by atoms with Crippen LogP contribution < -0.4 is 5.73 Å². The van der Waals surface area contributed by atoms with Crippen LogP contribution in [0.4, 0.5) is 0 Å². The van der Waals surface area contributed by atoms with Gasteiger partial charge in [0.1, 0.15) is 0 Å². The van der Waals surface area contributed by atoms with Gasteiger partial charge < -0.3 is 10.3 Å². The fraction of sp³-hybridized carbons (Fsp3) is 0.429. The van der Waals surface area contributed by atoms with Gasteiger partial charge in [0.15, 0.2) is 15.7 Å². The quantitative estimate of drug-likeness (QED) is 0.912. The maximum Gasteiger partial charge on any atom is 0.258 e. The number of benzene rings is 1. The van der Waals surface area contributed by atoms with Crippen LogP contribution in [0.3, 0.4) is 0 Å². The van der Waals surface area contributed by atoms with Gasteiger partial charge in [0, 0.05) is 11.8 Å². The Hall–Kier alpha value is -1.44. The van der Waals surface area contributed by atoms with E-state index in [1.54, 1.807) is 18.2 Å². The highest BCUT2D eigenvalue weighted by molar-refractivity contribution is 7.89. The van der Waals surface area contributed by atoms with Gasteiger partial charge in [-0.05, 0) is 37.0 Å². The maximum atomic E-state index is 11.4. The number of aromatic nitrogens is 2. The van der Waals surface area contributed by atoms with Crippen molar-refractivity contribution in [2.75, 3.05) is 6.26 Å². The van der Waals surface area contributed by atoms with E-state index in [0.29, 0.717) is 22.8 Å². The summed E-state index contributed by atoms with van der Waals surface area (Å²) in [7, 11) is -3.08. The minimum Gasteiger partial charge on any atom is -0.334 e. The summed E-state index contributed by atoms with van der Waals surface area (Å²) in [5, 5.41) is 3.96. The van der Waals surface area contributed by atoms with E-state index in [-0.39, 0.29) is 18.2 Å². The zero-order chi connectivity index (χ0) is 15.1. The van der Waals surface area contributed by atoms with Crippen molar-refractivity contribution < 1.29 is 12.9 Å². The molecule has 1 aromatic heterocycles. The first-order chi connectivity index (χ1) is 9.86. The molecule has 3 rings (SSSR count). The maximum absolute atomic E-state index is 11.4. The number of sulfone groups is 1. The third-order valence-corrected chi connectivity index (χ3v) is 4.58. The molecule has 1 heterocycles. The first-order valence-electron chi connectivity index (χ1n) is 6.76. The summed E-state index contributed by atoms with van der Waals surface area (Å²) in [5.74, 6) is 0.886. The second kappa shape index (κ2) is 5.98. The topological polar surface area (TPSA) is 99.1 Å². The van der Waals surface area contributed by atoms with Gasteiger partial charge in [-0.3, -0.25) is 0 Å². The first-order valence-corrected chi connectivity index (χ1v) is 8.82. The molecule has 0 amide bonds. The van der Waals surface area contributed by atoms with E-state index in [1.807, 2.05) is 6.07 Å². The van der Waals surface area contributed by atoms with Crippen LogP contribution in [0.1, 0.15) is 30.7 Å². The molecule has 0 radical (unpaired) electrons. The Morgan fingerprint density at radius 2 is 2.09 bits per heavy atom. The summed E-state index contributed by atoms with van der Waals surface area (Å²) < 4.78 is 28.0. The molecule has 0 spiro atoms. The molecule has 0 bridgehead atoms. The zero-order valence-electron chi connectivity index (χ0n) is 12.2. The van der Waals surface area contributed by atoms with Crippen molar-refractivity contribution in [1.29, 1.82) is 0 Å². The molecule has 1 fully saturated rings. The molecule has 0 unspecified atom stereocenters. The lowest BCUT2D eigenvalue weighted by molar-refractivity contribution is 0.229. The van der Waals surface area contributed by atoms with Crippen LogP contribution in [0, 0.1) is 0 Å². The van der Waals surface area contributed by atoms with E-state index in [9.17, 15) is 8.42 Å². The summed E-state index contributed by atoms with van der Waals surface area (Å²) in [4.78, 5) is 4.36. The Morgan fingerprint density at radius 1 is 1.36 bits per heavy atom. The van der Waals surface area contributed by atoms with E-state index >= 15 is 0 Å². The number of nitrogens with zero attached hydrogens (tertiary/aromatic N) is 2. The van der Waals surface area contributed by atoms with E-state index in [0.717, 1.165) is 19.3 Å². The van der Waals surface area contributed by atoms with Crippen molar-refractivity contribution in [3.8, 4) is 11.5 Å². The highest BCUT2D eigenvalue weighted by atomic mass is 35.5. The molecule has 2 N–H and O–H groups in total. The minimum atomic E-state index is -3.08. The molecule has 0 aliphatic heterocycles. The fourth-order valence-corrected chi connectivity index (χ4v) is 3.21. The third kappa shape index (κ3) is 3.48. The Labute approximate surface area is 135 Å². The predicted molar refractivity (Wildman–Crippen MR) is 85.2 cm³/mol. The zero-order valence-corrected chi connectivity index (χ0v) is 13.8. The molecule has 1 aliphatic rings. The van der Waals surface area contributed by atoms with Gasteiger partial charge in [-0.15, -0.1) is 12.4 Å². The number of hydrogen-bond acceptors (Lipinski definition) is 6. The number of halogens is 1. The van der Waals surface area contributed by atoms with Crippen LogP contribution in [0.25, 0.3) is 11.5 Å². The van der Waals surface area contributed by atoms with Gasteiger partial charge in [0.2, 0.25) is 0 Å². The summed E-state index contributed by atoms with van der Waals surface area (Å²) in [6, 6.07) is 7.11. The fourth-order valence-electron chi connectivity index (χ4n) is 2.42. The average molecular weight is 344 g/mol. The van der Waals surface area contributed by atoms with Crippen LogP contribution in [-0.4, -0.2) is 24.8 Å². The van der Waals surface area contributed by atoms with Gasteiger partial charge >= 0.3 is 0 Å². The molecular formula is C14H18ClN3O3S. The molecule has 8 heteroatoms. The standard InChI is InChI=1S/C14H17N3O3S.ClH/c1-21(18,19)9-10-4-2-5-11(8-10)12-16-13(17-20-12)14(15)6-3-7-14;/h2,4-5,8H,3,6-7,9,15H2,1H3;1H. The van der Waals surface area contributed by atoms with E-state index in [4.69, 9.17) is 10.3 Å². The summed E-state index contributed by atoms with van der Waals surface area (Å²) in [5.41, 5.74) is 7.10. The summed E-state index contributed by atoms with van der Waals surface area (Å²) in [6.07, 6.45) is 4.00. The molecule has 120 valence electrons. The van der Waals surface area contributed by atoms with Crippen LogP contribution in [-0.2, 0) is 21.1 Å². The predicted octanol–water partition coefficient (Wildman–Crippen LogP) is 2.04. The first kappa shape index (κ1) is 16.9. The van der Waals surface area contributed by atoms with Gasteiger partial charge in [0.05, 0.1) is 11.3 Å². The van der Waals surface area contributed by atoms with Gasteiger partial charge in [0.25, 0.3) is 5.89 Å². The van der Waals surface area contributed by atoms with Crippen molar-refractivity contribution in [2.24, 2.45) is 5.73 Å². The normalized spacial score (nSPS) is 16.6. The largest absolute Gasteiger partial charge is 0.334 e. The van der Waals surface area contributed by atoms with Gasteiger partial charge in [-0.1, -0.05) is 17.3 Å². The highest BCUT2D eigenvalue weighted by Crippen LogP contribution is 2.37. The SMILES string of the molecule is CS(=O)(=O)Cc1cccc(-c2nc(C3(N)CCC3)no2)c1.Cl. The molecule has 2 aromatic rings. The Bertz CT molecular complexity index is 769. The highest BCUT2D eigenvalue weighted by Gasteiger charge is 2.39. The van der Waals surface area contributed by atoms with Crippen molar-refractivity contribution in [3.63, 3.8) is 0 Å². The van der Waals surface area contributed by atoms with Crippen LogP contribution in [0.15, 0.2) is 28.8 Å². The van der Waals surface area contributed by atoms with Crippen LogP contribution >= 0.6 is 12.4 Å². The van der Waals surface area contributed by atoms with Crippen LogP contribution in [0.5, 0.6) is 0 Å². The molecule has 0 atom stereocenters. The van der Waals surface area contributed by atoms with Crippen molar-refractivity contribution in [1.82, 2.24) is 10.1 Å².